The fourth-order valence-electron chi connectivity index (χ4n) is 2.71. The van der Waals surface area contributed by atoms with Crippen LogP contribution >= 0.6 is 0 Å². The fraction of sp³-hybridized carbons (Fsp3) is 0.312. The number of hydrogen-bond donors (Lipinski definition) is 1. The Labute approximate surface area is 122 Å². The summed E-state index contributed by atoms with van der Waals surface area (Å²) in [4.78, 5) is 13.5. The summed E-state index contributed by atoms with van der Waals surface area (Å²) in [7, 11) is 3.19. The van der Waals surface area contributed by atoms with Gasteiger partial charge < -0.3 is 19.5 Å². The highest BCUT2D eigenvalue weighted by atomic mass is 16.7. The molecule has 1 fully saturated rings. The molecule has 0 radical (unpaired) electrons. The van der Waals surface area contributed by atoms with Gasteiger partial charge in [-0.15, -0.1) is 0 Å². The molecule has 1 saturated heterocycles. The first-order chi connectivity index (χ1) is 10.1. The zero-order chi connectivity index (χ0) is 15.0. The summed E-state index contributed by atoms with van der Waals surface area (Å²) in [6.07, 6.45) is 0. The van der Waals surface area contributed by atoms with Crippen LogP contribution < -0.4 is 4.90 Å². The lowest BCUT2D eigenvalue weighted by molar-refractivity contribution is -0.219. The van der Waals surface area contributed by atoms with Gasteiger partial charge in [-0.05, 0) is 22.9 Å². The van der Waals surface area contributed by atoms with Crippen molar-refractivity contribution >= 4 is 22.4 Å². The number of carbonyl (C=O) groups is 1. The average Bonchev–Trinajstić information content (AvgIpc) is 2.46. The Kier molecular flexibility index (Phi) is 3.31. The topological polar surface area (TPSA) is 59.0 Å². The van der Waals surface area contributed by atoms with Crippen molar-refractivity contribution < 1.29 is 19.4 Å². The molecule has 0 unspecified atom stereocenters. The minimum absolute atomic E-state index is 0.300. The van der Waals surface area contributed by atoms with Gasteiger partial charge >= 0.3 is 5.97 Å². The van der Waals surface area contributed by atoms with Crippen molar-refractivity contribution in [2.75, 3.05) is 32.2 Å². The fourth-order valence-corrected chi connectivity index (χ4v) is 2.71. The Hall–Kier alpha value is -2.11. The van der Waals surface area contributed by atoms with E-state index in [0.717, 1.165) is 10.8 Å². The molecule has 110 valence electrons. The van der Waals surface area contributed by atoms with Gasteiger partial charge in [0.2, 0.25) is 5.79 Å². The highest BCUT2D eigenvalue weighted by molar-refractivity contribution is 6.01. The maximum Gasteiger partial charge on any atom is 0.337 e. The molecule has 0 amide bonds. The van der Waals surface area contributed by atoms with Crippen LogP contribution in [0, 0.1) is 0 Å². The normalized spacial score (nSPS) is 16.8. The van der Waals surface area contributed by atoms with Crippen molar-refractivity contribution in [1.82, 2.24) is 0 Å². The van der Waals surface area contributed by atoms with Crippen LogP contribution in [0.2, 0.25) is 0 Å². The van der Waals surface area contributed by atoms with Crippen molar-refractivity contribution in [2.45, 2.75) is 5.79 Å². The Morgan fingerprint density at radius 1 is 1.14 bits per heavy atom. The second-order valence-electron chi connectivity index (χ2n) is 5.20. The Morgan fingerprint density at radius 3 is 2.24 bits per heavy atom. The van der Waals surface area contributed by atoms with Gasteiger partial charge in [0.1, 0.15) is 0 Å². The summed E-state index contributed by atoms with van der Waals surface area (Å²) in [6, 6.07) is 11.4. The van der Waals surface area contributed by atoms with Gasteiger partial charge in [0, 0.05) is 14.2 Å². The van der Waals surface area contributed by atoms with E-state index in [1.807, 2.05) is 35.2 Å². The molecule has 1 aliphatic heterocycles. The van der Waals surface area contributed by atoms with E-state index >= 15 is 0 Å². The molecule has 0 saturated carbocycles. The maximum absolute atomic E-state index is 11.5. The Morgan fingerprint density at radius 2 is 1.71 bits per heavy atom. The van der Waals surface area contributed by atoms with Crippen molar-refractivity contribution in [3.8, 4) is 0 Å². The quantitative estimate of drug-likeness (QED) is 0.875. The highest BCUT2D eigenvalue weighted by Crippen LogP contribution is 2.35. The molecule has 3 rings (SSSR count). The Balaban J connectivity index is 2.02. The zero-order valence-electron chi connectivity index (χ0n) is 12.0. The molecule has 0 bridgehead atoms. The van der Waals surface area contributed by atoms with E-state index in [1.54, 1.807) is 20.3 Å². The van der Waals surface area contributed by atoms with Crippen molar-refractivity contribution in [3.63, 3.8) is 0 Å². The summed E-state index contributed by atoms with van der Waals surface area (Å²) < 4.78 is 10.7. The van der Waals surface area contributed by atoms with Gasteiger partial charge in [-0.2, -0.15) is 0 Å². The first-order valence-electron chi connectivity index (χ1n) is 6.70. The highest BCUT2D eigenvalue weighted by Gasteiger charge is 2.44. The number of hydrogen-bond acceptors (Lipinski definition) is 4. The molecule has 1 N–H and O–H groups in total. The van der Waals surface area contributed by atoms with Gasteiger partial charge in [0.05, 0.1) is 24.3 Å². The summed E-state index contributed by atoms with van der Waals surface area (Å²) in [5.74, 6) is -1.57. The first kappa shape index (κ1) is 13.9. The molecule has 5 nitrogen and oxygen atoms in total. The lowest BCUT2D eigenvalue weighted by atomic mass is 9.99. The summed E-state index contributed by atoms with van der Waals surface area (Å²) in [5, 5.41) is 11.4. The molecular weight excluding hydrogens is 270 g/mol. The van der Waals surface area contributed by atoms with E-state index < -0.39 is 11.8 Å². The van der Waals surface area contributed by atoms with Crippen molar-refractivity contribution in [3.05, 3.63) is 42.0 Å². The molecule has 0 atom stereocenters. The van der Waals surface area contributed by atoms with E-state index in [9.17, 15) is 9.90 Å². The molecule has 0 spiro atoms. The number of ether oxygens (including phenoxy) is 2. The van der Waals surface area contributed by atoms with Crippen LogP contribution in [0.15, 0.2) is 36.4 Å². The van der Waals surface area contributed by atoms with Gasteiger partial charge in [0.15, 0.2) is 0 Å². The lowest BCUT2D eigenvalue weighted by Gasteiger charge is -2.49. The number of rotatable bonds is 4. The molecule has 1 aliphatic rings. The largest absolute Gasteiger partial charge is 0.478 e. The third kappa shape index (κ3) is 2.24. The monoisotopic (exact) mass is 287 g/mol. The molecule has 5 heteroatoms. The van der Waals surface area contributed by atoms with Gasteiger partial charge in [-0.25, -0.2) is 4.79 Å². The van der Waals surface area contributed by atoms with Crippen LogP contribution in [-0.4, -0.2) is 44.2 Å². The molecular formula is C16H17NO4. The minimum Gasteiger partial charge on any atom is -0.478 e. The second kappa shape index (κ2) is 5.02. The summed E-state index contributed by atoms with van der Waals surface area (Å²) in [6.45, 7) is 1.03. The van der Waals surface area contributed by atoms with E-state index in [-0.39, 0.29) is 0 Å². The van der Waals surface area contributed by atoms with Gasteiger partial charge in [-0.3, -0.25) is 0 Å². The predicted molar refractivity (Wildman–Crippen MR) is 79.9 cm³/mol. The minimum atomic E-state index is -0.928. The zero-order valence-corrected chi connectivity index (χ0v) is 12.0. The molecule has 2 aromatic rings. The molecule has 1 heterocycles. The molecule has 2 aromatic carbocycles. The van der Waals surface area contributed by atoms with Crippen molar-refractivity contribution in [2.24, 2.45) is 0 Å². The van der Waals surface area contributed by atoms with Gasteiger partial charge in [-0.1, -0.05) is 24.3 Å². The Bertz CT molecular complexity index is 686. The SMILES string of the molecule is COC1(OC)CN(c2cc3ccccc3cc2C(=O)O)C1. The smallest absolute Gasteiger partial charge is 0.337 e. The summed E-state index contributed by atoms with van der Waals surface area (Å²) in [5.41, 5.74) is 1.00. The number of benzene rings is 2. The van der Waals surface area contributed by atoms with E-state index in [2.05, 4.69) is 0 Å². The van der Waals surface area contributed by atoms with E-state index in [0.29, 0.717) is 24.3 Å². The van der Waals surface area contributed by atoms with Crippen molar-refractivity contribution in [1.29, 1.82) is 0 Å². The second-order valence-corrected chi connectivity index (χ2v) is 5.20. The van der Waals surface area contributed by atoms with Crippen LogP contribution in [0.4, 0.5) is 5.69 Å². The van der Waals surface area contributed by atoms with Crippen LogP contribution in [-0.2, 0) is 9.47 Å². The average molecular weight is 287 g/mol. The third-order valence-corrected chi connectivity index (χ3v) is 4.04. The number of nitrogens with zero attached hydrogens (tertiary/aromatic N) is 1. The first-order valence-corrected chi connectivity index (χ1v) is 6.70. The standard InChI is InChI=1S/C16H17NO4/c1-20-16(21-2)9-17(10-16)14-8-12-6-4-3-5-11(12)7-13(14)15(18)19/h3-8H,9-10H2,1-2H3,(H,18,19). The van der Waals surface area contributed by atoms with Crippen LogP contribution in [0.25, 0.3) is 10.8 Å². The predicted octanol–water partition coefficient (Wildman–Crippen LogP) is 2.35. The number of carboxylic acids is 1. The summed E-state index contributed by atoms with van der Waals surface area (Å²) >= 11 is 0. The third-order valence-electron chi connectivity index (χ3n) is 4.04. The maximum atomic E-state index is 11.5. The molecule has 0 aliphatic carbocycles. The van der Waals surface area contributed by atoms with Gasteiger partial charge in [0.25, 0.3) is 0 Å². The number of fused-ring (bicyclic) bond motifs is 1. The number of carboxylic acid groups (broad SMARTS) is 1. The van der Waals surface area contributed by atoms with E-state index in [4.69, 9.17) is 9.47 Å². The number of methoxy groups -OCH3 is 2. The number of aromatic carboxylic acids is 1. The van der Waals surface area contributed by atoms with Crippen LogP contribution in [0.1, 0.15) is 10.4 Å². The molecule has 0 aromatic heterocycles. The van der Waals surface area contributed by atoms with E-state index in [1.165, 1.54) is 0 Å². The number of anilines is 1. The van der Waals surface area contributed by atoms with Crippen LogP contribution in [0.5, 0.6) is 0 Å². The lowest BCUT2D eigenvalue weighted by Crippen LogP contribution is -2.64. The van der Waals surface area contributed by atoms with Crippen LogP contribution in [0.3, 0.4) is 0 Å². The molecule has 21 heavy (non-hydrogen) atoms.